The van der Waals surface area contributed by atoms with Crippen LogP contribution >= 0.6 is 0 Å². The van der Waals surface area contributed by atoms with Crippen molar-refractivity contribution in [2.24, 2.45) is 0 Å². The maximum Gasteiger partial charge on any atom is 0.523 e. The van der Waals surface area contributed by atoms with Crippen molar-refractivity contribution >= 4 is 16.1 Å². The zero-order chi connectivity index (χ0) is 17.3. The van der Waals surface area contributed by atoms with E-state index in [4.69, 9.17) is 9.84 Å². The van der Waals surface area contributed by atoms with Crippen molar-refractivity contribution in [2.45, 2.75) is 43.1 Å². The Morgan fingerprint density at radius 3 is 2.23 bits per heavy atom. The molecule has 9 nitrogen and oxygen atoms in total. The van der Waals surface area contributed by atoms with Crippen LogP contribution < -0.4 is 0 Å². The highest BCUT2D eigenvalue weighted by molar-refractivity contribution is 7.87. The van der Waals surface area contributed by atoms with E-state index in [1.54, 1.807) is 0 Å². The summed E-state index contributed by atoms with van der Waals surface area (Å²) in [6, 6.07) is 0. The Balaban J connectivity index is 3.08. The average molecular weight is 354 g/mol. The van der Waals surface area contributed by atoms with Crippen molar-refractivity contribution < 1.29 is 55.4 Å². The molecule has 3 N–H and O–H groups in total. The van der Waals surface area contributed by atoms with Crippen molar-refractivity contribution in [1.29, 1.82) is 0 Å². The van der Waals surface area contributed by atoms with E-state index in [-0.39, 0.29) is 0 Å². The van der Waals surface area contributed by atoms with Crippen LogP contribution in [0.1, 0.15) is 6.92 Å². The molecule has 22 heavy (non-hydrogen) atoms. The number of hydrogen-bond acceptors (Lipinski definition) is 9. The number of aliphatic hydroxyl groups excluding tert-OH is 3. The molecule has 1 saturated heterocycles. The normalized spacial score (nSPS) is 33.5. The summed E-state index contributed by atoms with van der Waals surface area (Å²) in [6.45, 7) is -0.0429. The van der Waals surface area contributed by atoms with E-state index in [0.717, 1.165) is 6.92 Å². The molecular formula is C9H13F3O9S. The van der Waals surface area contributed by atoms with Crippen molar-refractivity contribution in [3.05, 3.63) is 0 Å². The molecule has 1 aliphatic heterocycles. The molecule has 1 aliphatic rings. The van der Waals surface area contributed by atoms with E-state index in [0.29, 0.717) is 0 Å². The third kappa shape index (κ3) is 4.05. The standard InChI is InChI=1S/C9H13F3O9S/c1-3(14)19-8-7(21-22(17,18)9(10,11)12)6(16)5(15)4(2-13)20-8/h4-8,13,15-16H,2H2,1H3/t4-,5-,6+,7+,8+/m1/s1. The van der Waals surface area contributed by atoms with E-state index in [1.165, 1.54) is 0 Å². The summed E-state index contributed by atoms with van der Waals surface area (Å²) in [5.74, 6) is -1.08. The molecule has 0 aromatic carbocycles. The highest BCUT2D eigenvalue weighted by Crippen LogP contribution is 2.31. The highest BCUT2D eigenvalue weighted by Gasteiger charge is 2.54. The number of alkyl halides is 3. The molecule has 1 fully saturated rings. The molecule has 1 heterocycles. The zero-order valence-corrected chi connectivity index (χ0v) is 11.7. The Morgan fingerprint density at radius 1 is 1.27 bits per heavy atom. The van der Waals surface area contributed by atoms with Gasteiger partial charge < -0.3 is 24.8 Å². The molecule has 0 amide bonds. The minimum atomic E-state index is -6.15. The molecule has 130 valence electrons. The van der Waals surface area contributed by atoms with Gasteiger partial charge >= 0.3 is 21.6 Å². The van der Waals surface area contributed by atoms with Gasteiger partial charge in [-0.3, -0.25) is 8.98 Å². The Bertz CT molecular complexity index is 505. The summed E-state index contributed by atoms with van der Waals surface area (Å²) in [5.41, 5.74) is -5.80. The Labute approximate surface area is 122 Å². The van der Waals surface area contributed by atoms with Crippen LogP contribution in [-0.2, 0) is 28.6 Å². The number of halogens is 3. The number of rotatable bonds is 4. The second-order valence-electron chi connectivity index (χ2n) is 4.28. The topological polar surface area (TPSA) is 140 Å². The first-order chi connectivity index (χ1) is 9.90. The summed E-state index contributed by atoms with van der Waals surface area (Å²) >= 11 is 0. The smallest absolute Gasteiger partial charge is 0.433 e. The van der Waals surface area contributed by atoms with Gasteiger partial charge in [-0.25, -0.2) is 0 Å². The van der Waals surface area contributed by atoms with Gasteiger partial charge in [-0.15, -0.1) is 0 Å². The van der Waals surface area contributed by atoms with Gasteiger partial charge in [0.1, 0.15) is 18.3 Å². The number of carbonyl (C=O) groups is 1. The minimum absolute atomic E-state index is 0.837. The lowest BCUT2D eigenvalue weighted by molar-refractivity contribution is -0.287. The number of aliphatic hydroxyl groups is 3. The van der Waals surface area contributed by atoms with Crippen LogP contribution in [0, 0.1) is 0 Å². The van der Waals surface area contributed by atoms with Crippen LogP contribution in [0.2, 0.25) is 0 Å². The van der Waals surface area contributed by atoms with Crippen LogP contribution in [0.25, 0.3) is 0 Å². The van der Waals surface area contributed by atoms with E-state index in [9.17, 15) is 36.6 Å². The van der Waals surface area contributed by atoms with Crippen molar-refractivity contribution in [2.75, 3.05) is 6.61 Å². The second kappa shape index (κ2) is 6.64. The molecule has 0 aromatic rings. The maximum absolute atomic E-state index is 12.3. The quantitative estimate of drug-likeness (QED) is 0.304. The zero-order valence-electron chi connectivity index (χ0n) is 10.9. The lowest BCUT2D eigenvalue weighted by Gasteiger charge is -2.40. The molecule has 13 heteroatoms. The van der Waals surface area contributed by atoms with E-state index < -0.39 is 58.9 Å². The predicted octanol–water partition coefficient (Wildman–Crippen LogP) is -1.78. The van der Waals surface area contributed by atoms with Crippen molar-refractivity contribution in [1.82, 2.24) is 0 Å². The molecule has 1 rings (SSSR count). The summed E-state index contributed by atoms with van der Waals surface area (Å²) in [4.78, 5) is 10.9. The third-order valence-electron chi connectivity index (χ3n) is 2.63. The van der Waals surface area contributed by atoms with Crippen LogP contribution in [0.4, 0.5) is 13.2 Å². The summed E-state index contributed by atoms with van der Waals surface area (Å²) in [5, 5.41) is 28.1. The molecule has 0 saturated carbocycles. The first kappa shape index (κ1) is 19.1. The van der Waals surface area contributed by atoms with Gasteiger partial charge in [-0.05, 0) is 0 Å². The molecule has 0 unspecified atom stereocenters. The Kier molecular flexibility index (Phi) is 5.75. The van der Waals surface area contributed by atoms with E-state index in [2.05, 4.69) is 8.92 Å². The summed E-state index contributed by atoms with van der Waals surface area (Å²) in [7, 11) is -6.15. The van der Waals surface area contributed by atoms with Gasteiger partial charge in [-0.2, -0.15) is 21.6 Å². The number of esters is 1. The molecule has 5 atom stereocenters. The molecular weight excluding hydrogens is 341 g/mol. The van der Waals surface area contributed by atoms with Crippen LogP contribution in [0.5, 0.6) is 0 Å². The molecule has 0 radical (unpaired) electrons. The predicted molar refractivity (Wildman–Crippen MR) is 59.4 cm³/mol. The van der Waals surface area contributed by atoms with Crippen molar-refractivity contribution in [3.63, 3.8) is 0 Å². The van der Waals surface area contributed by atoms with Crippen LogP contribution in [-0.4, -0.2) is 72.5 Å². The SMILES string of the molecule is CC(=O)O[C@H]1O[C@H](CO)[C@@H](O)[C@H](O)[C@@H]1OS(=O)(=O)C(F)(F)F. The van der Waals surface area contributed by atoms with Gasteiger partial charge in [0, 0.05) is 6.92 Å². The van der Waals surface area contributed by atoms with E-state index >= 15 is 0 Å². The number of ether oxygens (including phenoxy) is 2. The fraction of sp³-hybridized carbons (Fsp3) is 0.889. The first-order valence-electron chi connectivity index (χ1n) is 5.70. The molecule has 0 aromatic heterocycles. The minimum Gasteiger partial charge on any atom is -0.433 e. The Hall–Kier alpha value is -0.990. The van der Waals surface area contributed by atoms with E-state index in [1.807, 2.05) is 0 Å². The Morgan fingerprint density at radius 2 is 1.82 bits per heavy atom. The van der Waals surface area contributed by atoms with Crippen LogP contribution in [0.3, 0.4) is 0 Å². The van der Waals surface area contributed by atoms with Gasteiger partial charge in [0.15, 0.2) is 6.10 Å². The van der Waals surface area contributed by atoms with Gasteiger partial charge in [-0.1, -0.05) is 0 Å². The molecule has 0 aliphatic carbocycles. The monoisotopic (exact) mass is 354 g/mol. The highest BCUT2D eigenvalue weighted by atomic mass is 32.2. The fourth-order valence-corrected chi connectivity index (χ4v) is 2.22. The summed E-state index contributed by atoms with van der Waals surface area (Å²) < 4.78 is 71.8. The first-order valence-corrected chi connectivity index (χ1v) is 7.10. The maximum atomic E-state index is 12.3. The summed E-state index contributed by atoms with van der Waals surface area (Å²) in [6.07, 6.45) is -10.2. The fourth-order valence-electron chi connectivity index (χ4n) is 1.62. The number of carbonyl (C=O) groups excluding carboxylic acids is 1. The number of hydrogen-bond donors (Lipinski definition) is 3. The van der Waals surface area contributed by atoms with Gasteiger partial charge in [0.25, 0.3) is 0 Å². The van der Waals surface area contributed by atoms with Crippen molar-refractivity contribution in [3.8, 4) is 0 Å². The van der Waals surface area contributed by atoms with Crippen LogP contribution in [0.15, 0.2) is 0 Å². The largest absolute Gasteiger partial charge is 0.523 e. The molecule has 0 bridgehead atoms. The van der Waals surface area contributed by atoms with Gasteiger partial charge in [0.05, 0.1) is 6.61 Å². The van der Waals surface area contributed by atoms with Gasteiger partial charge in [0.2, 0.25) is 6.29 Å². The second-order valence-corrected chi connectivity index (χ2v) is 5.84. The average Bonchev–Trinajstić information content (AvgIpc) is 2.36. The lowest BCUT2D eigenvalue weighted by Crippen LogP contribution is -2.61. The lowest BCUT2D eigenvalue weighted by atomic mass is 9.99. The molecule has 0 spiro atoms. The third-order valence-corrected chi connectivity index (χ3v) is 3.67.